The summed E-state index contributed by atoms with van der Waals surface area (Å²) in [5.41, 5.74) is 1.82. The molecule has 2 aromatic heterocycles. The van der Waals surface area contributed by atoms with Crippen molar-refractivity contribution in [2.75, 3.05) is 0 Å². The molecule has 0 spiro atoms. The van der Waals surface area contributed by atoms with Crippen molar-refractivity contribution in [2.24, 2.45) is 0 Å². The third-order valence-corrected chi connectivity index (χ3v) is 6.45. The summed E-state index contributed by atoms with van der Waals surface area (Å²) in [6.07, 6.45) is 3.55. The first-order valence-electron chi connectivity index (χ1n) is 9.45. The lowest BCUT2D eigenvalue weighted by Crippen LogP contribution is -1.97. The molecule has 4 rings (SSSR count). The Balaban J connectivity index is 1.31. The molecule has 2 aromatic carbocycles. The fourth-order valence-electron chi connectivity index (χ4n) is 2.61. The van der Waals surface area contributed by atoms with Crippen LogP contribution in [-0.4, -0.2) is 9.97 Å². The van der Waals surface area contributed by atoms with E-state index >= 15 is 0 Å². The standard InChI is InChI=1S/C24H20N2O2S2/c1-3-13-25-19(7-1)17-27-21-9-5-11-23(15-21)29-30-24-12-6-10-22(16-24)28-18-20-8-2-4-14-26-20/h1-16H,17-18H2. The third-order valence-electron chi connectivity index (χ3n) is 4.07. The monoisotopic (exact) mass is 432 g/mol. The predicted molar refractivity (Wildman–Crippen MR) is 122 cm³/mol. The first kappa shape index (κ1) is 20.3. The molecule has 6 heteroatoms. The van der Waals surface area contributed by atoms with Gasteiger partial charge in [-0.15, -0.1) is 0 Å². The van der Waals surface area contributed by atoms with Crippen molar-refractivity contribution in [3.63, 3.8) is 0 Å². The van der Waals surface area contributed by atoms with Gasteiger partial charge in [-0.25, -0.2) is 0 Å². The summed E-state index contributed by atoms with van der Waals surface area (Å²) < 4.78 is 11.7. The van der Waals surface area contributed by atoms with Gasteiger partial charge in [0.1, 0.15) is 24.7 Å². The van der Waals surface area contributed by atoms with Gasteiger partial charge in [0.2, 0.25) is 0 Å². The van der Waals surface area contributed by atoms with Gasteiger partial charge in [0.15, 0.2) is 0 Å². The summed E-state index contributed by atoms with van der Waals surface area (Å²) in [5.74, 6) is 1.66. The molecule has 0 atom stereocenters. The highest BCUT2D eigenvalue weighted by Crippen LogP contribution is 2.39. The minimum Gasteiger partial charge on any atom is -0.487 e. The average Bonchev–Trinajstić information content (AvgIpc) is 2.82. The van der Waals surface area contributed by atoms with E-state index < -0.39 is 0 Å². The molecule has 0 aliphatic carbocycles. The van der Waals surface area contributed by atoms with E-state index in [2.05, 4.69) is 22.1 Å². The quantitative estimate of drug-likeness (QED) is 0.284. The molecule has 0 radical (unpaired) electrons. The fraction of sp³-hybridized carbons (Fsp3) is 0.0833. The van der Waals surface area contributed by atoms with Crippen LogP contribution in [0.15, 0.2) is 107 Å². The number of rotatable bonds is 9. The van der Waals surface area contributed by atoms with Crippen LogP contribution in [0.5, 0.6) is 11.5 Å². The Hall–Kier alpha value is -2.96. The highest BCUT2D eigenvalue weighted by atomic mass is 33.1. The minimum atomic E-state index is 0.456. The first-order valence-corrected chi connectivity index (χ1v) is 11.6. The minimum absolute atomic E-state index is 0.456. The molecule has 30 heavy (non-hydrogen) atoms. The summed E-state index contributed by atoms with van der Waals surface area (Å²) in [6, 6.07) is 27.8. The van der Waals surface area contributed by atoms with E-state index in [0.717, 1.165) is 32.7 Å². The number of hydrogen-bond donors (Lipinski definition) is 0. The van der Waals surface area contributed by atoms with Crippen LogP contribution >= 0.6 is 21.6 Å². The number of aromatic nitrogens is 2. The topological polar surface area (TPSA) is 44.2 Å². The number of hydrogen-bond acceptors (Lipinski definition) is 6. The second-order valence-electron chi connectivity index (χ2n) is 6.34. The van der Waals surface area contributed by atoms with Crippen molar-refractivity contribution in [2.45, 2.75) is 23.0 Å². The van der Waals surface area contributed by atoms with Crippen LogP contribution in [-0.2, 0) is 13.2 Å². The van der Waals surface area contributed by atoms with E-state index in [-0.39, 0.29) is 0 Å². The maximum atomic E-state index is 5.87. The van der Waals surface area contributed by atoms with Gasteiger partial charge in [0.25, 0.3) is 0 Å². The zero-order chi connectivity index (χ0) is 20.4. The van der Waals surface area contributed by atoms with Crippen molar-refractivity contribution in [3.8, 4) is 11.5 Å². The van der Waals surface area contributed by atoms with Gasteiger partial charge in [0.05, 0.1) is 11.4 Å². The van der Waals surface area contributed by atoms with Crippen molar-refractivity contribution < 1.29 is 9.47 Å². The Morgan fingerprint density at radius 3 is 1.50 bits per heavy atom. The molecular weight excluding hydrogens is 412 g/mol. The molecule has 0 bridgehead atoms. The molecule has 150 valence electrons. The molecule has 0 N–H and O–H groups in total. The molecule has 0 aliphatic rings. The van der Waals surface area contributed by atoms with E-state index in [1.54, 1.807) is 34.0 Å². The zero-order valence-corrected chi connectivity index (χ0v) is 17.8. The average molecular weight is 433 g/mol. The number of benzene rings is 2. The van der Waals surface area contributed by atoms with E-state index in [4.69, 9.17) is 9.47 Å². The zero-order valence-electron chi connectivity index (χ0n) is 16.2. The SMILES string of the molecule is c1ccc(COc2cccc(SSc3cccc(OCc4ccccn4)c3)c2)nc1. The predicted octanol–water partition coefficient (Wildman–Crippen LogP) is 6.43. The Bertz CT molecular complexity index is 976. The van der Waals surface area contributed by atoms with E-state index in [9.17, 15) is 0 Å². The summed E-state index contributed by atoms with van der Waals surface area (Å²) in [5, 5.41) is 0. The van der Waals surface area contributed by atoms with Gasteiger partial charge >= 0.3 is 0 Å². The lowest BCUT2D eigenvalue weighted by Gasteiger charge is -2.09. The molecule has 0 aliphatic heterocycles. The molecule has 4 aromatic rings. The highest BCUT2D eigenvalue weighted by Gasteiger charge is 2.03. The first-order chi connectivity index (χ1) is 14.8. The van der Waals surface area contributed by atoms with Crippen molar-refractivity contribution >= 4 is 21.6 Å². The van der Waals surface area contributed by atoms with Crippen LogP contribution in [0, 0.1) is 0 Å². The smallest absolute Gasteiger partial charge is 0.130 e. The van der Waals surface area contributed by atoms with Crippen molar-refractivity contribution in [3.05, 3.63) is 109 Å². The third kappa shape index (κ3) is 6.27. The Labute approximate surface area is 184 Å². The summed E-state index contributed by atoms with van der Waals surface area (Å²) >= 11 is 0. The molecule has 4 nitrogen and oxygen atoms in total. The van der Waals surface area contributed by atoms with Crippen LogP contribution < -0.4 is 9.47 Å². The lowest BCUT2D eigenvalue weighted by molar-refractivity contribution is 0.300. The van der Waals surface area contributed by atoms with Gasteiger partial charge < -0.3 is 9.47 Å². The number of pyridine rings is 2. The van der Waals surface area contributed by atoms with E-state index in [1.165, 1.54) is 0 Å². The maximum absolute atomic E-state index is 5.87. The fourth-order valence-corrected chi connectivity index (χ4v) is 4.60. The summed E-state index contributed by atoms with van der Waals surface area (Å²) in [4.78, 5) is 10.8. The van der Waals surface area contributed by atoms with Crippen molar-refractivity contribution in [1.82, 2.24) is 9.97 Å². The largest absolute Gasteiger partial charge is 0.487 e. The normalized spacial score (nSPS) is 10.5. The second kappa shape index (κ2) is 10.7. The Morgan fingerprint density at radius 1 is 0.567 bits per heavy atom. The Morgan fingerprint density at radius 2 is 1.07 bits per heavy atom. The van der Waals surface area contributed by atoms with Gasteiger partial charge in [-0.3, -0.25) is 9.97 Å². The maximum Gasteiger partial charge on any atom is 0.130 e. The molecular formula is C24H20N2O2S2. The van der Waals surface area contributed by atoms with Gasteiger partial charge in [-0.1, -0.05) is 45.9 Å². The lowest BCUT2D eigenvalue weighted by atomic mass is 10.3. The van der Waals surface area contributed by atoms with Crippen LogP contribution in [0.25, 0.3) is 0 Å². The molecule has 0 fully saturated rings. The van der Waals surface area contributed by atoms with Gasteiger partial charge in [-0.05, 0) is 60.7 Å². The second-order valence-corrected chi connectivity index (χ2v) is 8.61. The highest BCUT2D eigenvalue weighted by molar-refractivity contribution is 8.76. The van der Waals surface area contributed by atoms with Crippen LogP contribution in [0.2, 0.25) is 0 Å². The molecule has 0 saturated carbocycles. The molecule has 2 heterocycles. The van der Waals surface area contributed by atoms with E-state index in [1.807, 2.05) is 72.8 Å². The van der Waals surface area contributed by atoms with Crippen LogP contribution in [0.4, 0.5) is 0 Å². The van der Waals surface area contributed by atoms with Crippen LogP contribution in [0.1, 0.15) is 11.4 Å². The molecule has 0 saturated heterocycles. The van der Waals surface area contributed by atoms with Crippen LogP contribution in [0.3, 0.4) is 0 Å². The Kier molecular flexibility index (Phi) is 7.26. The van der Waals surface area contributed by atoms with Gasteiger partial charge in [-0.2, -0.15) is 0 Å². The summed E-state index contributed by atoms with van der Waals surface area (Å²) in [6.45, 7) is 0.912. The summed E-state index contributed by atoms with van der Waals surface area (Å²) in [7, 11) is 3.37. The van der Waals surface area contributed by atoms with E-state index in [0.29, 0.717) is 13.2 Å². The van der Waals surface area contributed by atoms with Crippen molar-refractivity contribution in [1.29, 1.82) is 0 Å². The van der Waals surface area contributed by atoms with Gasteiger partial charge in [0, 0.05) is 22.2 Å². The number of nitrogens with zero attached hydrogens (tertiary/aromatic N) is 2. The molecule has 0 unspecified atom stereocenters. The number of ether oxygens (including phenoxy) is 2. The molecule has 0 amide bonds.